The normalized spacial score (nSPS) is 12.5. The molecule has 0 aliphatic carbocycles. The summed E-state index contributed by atoms with van der Waals surface area (Å²) >= 11 is 0. The number of carboxylic acid groups (broad SMARTS) is 1. The van der Waals surface area contributed by atoms with Crippen molar-refractivity contribution >= 4 is 11.5 Å². The third kappa shape index (κ3) is 1.99. The maximum atomic E-state index is 10.8. The summed E-state index contributed by atoms with van der Waals surface area (Å²) in [6.45, 7) is 3.57. The third-order valence-electron chi connectivity index (χ3n) is 1.96. The Hall–Kier alpha value is -1.51. The number of aliphatic carboxylic acids is 1. The van der Waals surface area contributed by atoms with Gasteiger partial charge in [-0.05, 0) is 25.5 Å². The van der Waals surface area contributed by atoms with Crippen LogP contribution in [0.25, 0.3) is 5.57 Å². The first kappa shape index (κ1) is 9.58. The monoisotopic (exact) mass is 180 g/mol. The smallest absolute Gasteiger partial charge is 0.331 e. The summed E-state index contributed by atoms with van der Waals surface area (Å²) in [5, 5.41) is 8.84. The average Bonchev–Trinajstić information content (AvgIpc) is 2.56. The summed E-state index contributed by atoms with van der Waals surface area (Å²) in [6.07, 6.45) is 2.04. The van der Waals surface area contributed by atoms with E-state index in [1.54, 1.807) is 19.1 Å². The molecule has 1 aromatic rings. The topological polar surface area (TPSA) is 50.4 Å². The maximum absolute atomic E-state index is 10.8. The van der Waals surface area contributed by atoms with Crippen molar-refractivity contribution in [2.75, 3.05) is 0 Å². The zero-order valence-corrected chi connectivity index (χ0v) is 7.70. The van der Waals surface area contributed by atoms with Crippen molar-refractivity contribution in [2.24, 2.45) is 0 Å². The minimum atomic E-state index is -0.878. The second-order valence-corrected chi connectivity index (χ2v) is 2.74. The molecule has 0 aromatic carbocycles. The first-order valence-corrected chi connectivity index (χ1v) is 4.13. The van der Waals surface area contributed by atoms with E-state index in [4.69, 9.17) is 9.52 Å². The van der Waals surface area contributed by atoms with Crippen LogP contribution in [-0.4, -0.2) is 11.1 Å². The summed E-state index contributed by atoms with van der Waals surface area (Å²) in [4.78, 5) is 10.8. The molecule has 1 heterocycles. The molecule has 70 valence electrons. The lowest BCUT2D eigenvalue weighted by molar-refractivity contribution is -0.132. The molecule has 0 radical (unpaired) electrons. The zero-order valence-electron chi connectivity index (χ0n) is 7.70. The molecule has 0 bridgehead atoms. The molecular weight excluding hydrogens is 168 g/mol. The molecule has 0 unspecified atom stereocenters. The van der Waals surface area contributed by atoms with Gasteiger partial charge >= 0.3 is 5.97 Å². The molecule has 1 aromatic heterocycles. The highest BCUT2D eigenvalue weighted by Gasteiger charge is 2.11. The molecule has 3 heteroatoms. The Morgan fingerprint density at radius 1 is 1.62 bits per heavy atom. The van der Waals surface area contributed by atoms with Crippen molar-refractivity contribution in [1.82, 2.24) is 0 Å². The molecule has 13 heavy (non-hydrogen) atoms. The molecule has 0 saturated heterocycles. The molecule has 1 N–H and O–H groups in total. The van der Waals surface area contributed by atoms with Gasteiger partial charge in [-0.2, -0.15) is 0 Å². The van der Waals surface area contributed by atoms with E-state index in [1.807, 2.05) is 6.92 Å². The van der Waals surface area contributed by atoms with Crippen molar-refractivity contribution < 1.29 is 14.3 Å². The van der Waals surface area contributed by atoms with Crippen molar-refractivity contribution in [3.8, 4) is 0 Å². The van der Waals surface area contributed by atoms with Crippen LogP contribution in [0.2, 0.25) is 0 Å². The summed E-state index contributed by atoms with van der Waals surface area (Å²) in [6, 6.07) is 3.50. The first-order chi connectivity index (χ1) is 6.16. The van der Waals surface area contributed by atoms with Gasteiger partial charge in [-0.3, -0.25) is 0 Å². The van der Waals surface area contributed by atoms with E-state index < -0.39 is 5.97 Å². The van der Waals surface area contributed by atoms with Gasteiger partial charge in [-0.25, -0.2) is 4.79 Å². The van der Waals surface area contributed by atoms with E-state index in [0.717, 1.165) is 0 Å². The number of carboxylic acids is 1. The molecule has 0 saturated carbocycles. The van der Waals surface area contributed by atoms with Crippen LogP contribution in [0.4, 0.5) is 0 Å². The van der Waals surface area contributed by atoms with Gasteiger partial charge < -0.3 is 9.52 Å². The van der Waals surface area contributed by atoms with E-state index in [9.17, 15) is 4.79 Å². The fourth-order valence-electron chi connectivity index (χ4n) is 1.22. The van der Waals surface area contributed by atoms with Gasteiger partial charge in [-0.1, -0.05) is 6.92 Å². The van der Waals surface area contributed by atoms with Crippen LogP contribution in [0.1, 0.15) is 26.0 Å². The number of rotatable bonds is 3. The van der Waals surface area contributed by atoms with Crippen molar-refractivity contribution in [3.63, 3.8) is 0 Å². The van der Waals surface area contributed by atoms with Crippen molar-refractivity contribution in [1.29, 1.82) is 0 Å². The van der Waals surface area contributed by atoms with Gasteiger partial charge in [0.15, 0.2) is 0 Å². The molecule has 0 aliphatic heterocycles. The van der Waals surface area contributed by atoms with Crippen LogP contribution in [0.5, 0.6) is 0 Å². The van der Waals surface area contributed by atoms with E-state index in [0.29, 0.717) is 23.3 Å². The fourth-order valence-corrected chi connectivity index (χ4v) is 1.22. The Kier molecular flexibility index (Phi) is 2.90. The fraction of sp³-hybridized carbons (Fsp3) is 0.300. The number of furan rings is 1. The highest BCUT2D eigenvalue weighted by atomic mass is 16.4. The lowest BCUT2D eigenvalue weighted by Gasteiger charge is -2.02. The Balaban J connectivity index is 3.09. The van der Waals surface area contributed by atoms with Crippen LogP contribution in [0.3, 0.4) is 0 Å². The second-order valence-electron chi connectivity index (χ2n) is 2.74. The Morgan fingerprint density at radius 2 is 2.31 bits per heavy atom. The highest BCUT2D eigenvalue weighted by Crippen LogP contribution is 2.20. The number of allylic oxidation sites excluding steroid dienone is 1. The first-order valence-electron chi connectivity index (χ1n) is 4.13. The minimum Gasteiger partial charge on any atom is -0.478 e. The van der Waals surface area contributed by atoms with Gasteiger partial charge in [0, 0.05) is 11.1 Å². The van der Waals surface area contributed by atoms with E-state index in [-0.39, 0.29) is 0 Å². The van der Waals surface area contributed by atoms with Gasteiger partial charge in [-0.15, -0.1) is 0 Å². The van der Waals surface area contributed by atoms with Gasteiger partial charge in [0.05, 0.1) is 6.26 Å². The Bertz CT molecular complexity index is 320. The van der Waals surface area contributed by atoms with Gasteiger partial charge in [0.25, 0.3) is 0 Å². The number of carbonyl (C=O) groups is 1. The molecule has 3 nitrogen and oxygen atoms in total. The summed E-state index contributed by atoms with van der Waals surface area (Å²) in [5.74, 6) is -0.254. The molecular formula is C10H12O3. The minimum absolute atomic E-state index is 0.398. The van der Waals surface area contributed by atoms with Crippen molar-refractivity contribution in [2.45, 2.75) is 20.3 Å². The van der Waals surface area contributed by atoms with Crippen LogP contribution in [0.15, 0.2) is 28.4 Å². The lowest BCUT2D eigenvalue weighted by atomic mass is 10.1. The SMILES string of the molecule is CC/C(C(=O)O)=C(\C)c1ccco1. The quantitative estimate of drug-likeness (QED) is 0.727. The number of hydrogen-bond acceptors (Lipinski definition) is 2. The van der Waals surface area contributed by atoms with E-state index in [1.165, 1.54) is 6.26 Å². The zero-order chi connectivity index (χ0) is 9.84. The predicted molar refractivity (Wildman–Crippen MR) is 49.2 cm³/mol. The maximum Gasteiger partial charge on any atom is 0.331 e. The average molecular weight is 180 g/mol. The summed E-state index contributed by atoms with van der Waals surface area (Å²) in [5.41, 5.74) is 1.09. The Labute approximate surface area is 76.7 Å². The van der Waals surface area contributed by atoms with Gasteiger partial charge in [0.1, 0.15) is 5.76 Å². The van der Waals surface area contributed by atoms with Crippen LogP contribution < -0.4 is 0 Å². The van der Waals surface area contributed by atoms with Crippen LogP contribution in [-0.2, 0) is 4.79 Å². The van der Waals surface area contributed by atoms with Crippen LogP contribution in [0, 0.1) is 0 Å². The summed E-state index contributed by atoms with van der Waals surface area (Å²) < 4.78 is 5.11. The summed E-state index contributed by atoms with van der Waals surface area (Å²) in [7, 11) is 0. The lowest BCUT2D eigenvalue weighted by Crippen LogP contribution is -2.01. The molecule has 0 atom stereocenters. The van der Waals surface area contributed by atoms with Crippen LogP contribution >= 0.6 is 0 Å². The highest BCUT2D eigenvalue weighted by molar-refractivity contribution is 5.95. The predicted octanol–water partition coefficient (Wildman–Crippen LogP) is 2.55. The molecule has 1 rings (SSSR count). The molecule has 0 fully saturated rings. The molecule has 0 amide bonds. The molecule has 0 spiro atoms. The third-order valence-corrected chi connectivity index (χ3v) is 1.96. The molecule has 0 aliphatic rings. The van der Waals surface area contributed by atoms with Gasteiger partial charge in [0.2, 0.25) is 0 Å². The van der Waals surface area contributed by atoms with E-state index >= 15 is 0 Å². The van der Waals surface area contributed by atoms with E-state index in [2.05, 4.69) is 0 Å². The largest absolute Gasteiger partial charge is 0.478 e. The van der Waals surface area contributed by atoms with Crippen molar-refractivity contribution in [3.05, 3.63) is 29.7 Å². The standard InChI is InChI=1S/C10H12O3/c1-3-8(10(11)12)7(2)9-5-4-6-13-9/h4-6H,3H2,1-2H3,(H,11,12)/b8-7-. The number of hydrogen-bond donors (Lipinski definition) is 1. The second kappa shape index (κ2) is 3.94. The Morgan fingerprint density at radius 3 is 2.69 bits per heavy atom.